The molecule has 1 amide bonds. The molecule has 122 valence electrons. The molecule has 2 aromatic rings. The summed E-state index contributed by atoms with van der Waals surface area (Å²) in [5.74, 6) is -0.167. The summed E-state index contributed by atoms with van der Waals surface area (Å²) in [6.07, 6.45) is 6.82. The molecule has 0 radical (unpaired) electrons. The number of carbonyl (C=O) groups is 1. The highest BCUT2D eigenvalue weighted by Crippen LogP contribution is 2.24. The maximum atomic E-state index is 12.4. The van der Waals surface area contributed by atoms with Gasteiger partial charge < -0.3 is 10.6 Å². The first-order chi connectivity index (χ1) is 11.1. The average Bonchev–Trinajstić information content (AvgIpc) is 2.54. The number of anilines is 2. The molecule has 0 spiro atoms. The molecule has 0 aliphatic carbocycles. The number of hydrogen-bond donors (Lipinski definition) is 2. The van der Waals surface area contributed by atoms with Crippen molar-refractivity contribution in [3.8, 4) is 0 Å². The van der Waals surface area contributed by atoms with E-state index in [0.717, 1.165) is 34.4 Å². The van der Waals surface area contributed by atoms with E-state index in [2.05, 4.69) is 38.5 Å². The van der Waals surface area contributed by atoms with Gasteiger partial charge in [0.25, 0.3) is 5.91 Å². The number of nitrogens with zero attached hydrogens (tertiary/aromatic N) is 1. The second-order valence-corrected chi connectivity index (χ2v) is 6.39. The Hall–Kier alpha value is -1.88. The number of pyridine rings is 1. The monoisotopic (exact) mass is 375 g/mol. The zero-order valence-electron chi connectivity index (χ0n) is 13.5. The first kappa shape index (κ1) is 17.5. The van der Waals surface area contributed by atoms with Gasteiger partial charge in [0.05, 0.1) is 16.9 Å². The third-order valence-corrected chi connectivity index (χ3v) is 4.14. The summed E-state index contributed by atoms with van der Waals surface area (Å²) in [4.78, 5) is 16.5. The van der Waals surface area contributed by atoms with E-state index >= 15 is 0 Å². The molecule has 4 nitrogen and oxygen atoms in total. The lowest BCUT2D eigenvalue weighted by molar-refractivity contribution is 0.102. The van der Waals surface area contributed by atoms with Gasteiger partial charge in [-0.3, -0.25) is 9.78 Å². The van der Waals surface area contributed by atoms with Gasteiger partial charge in [-0.2, -0.15) is 0 Å². The van der Waals surface area contributed by atoms with Crippen molar-refractivity contribution in [3.63, 3.8) is 0 Å². The number of aromatic nitrogens is 1. The van der Waals surface area contributed by atoms with E-state index in [1.165, 1.54) is 12.8 Å². The van der Waals surface area contributed by atoms with E-state index in [1.54, 1.807) is 12.4 Å². The van der Waals surface area contributed by atoms with Crippen molar-refractivity contribution < 1.29 is 4.79 Å². The van der Waals surface area contributed by atoms with Crippen LogP contribution in [-0.2, 0) is 0 Å². The topological polar surface area (TPSA) is 54.0 Å². The largest absolute Gasteiger partial charge is 0.384 e. The third kappa shape index (κ3) is 5.36. The molecule has 0 aliphatic heterocycles. The number of hydrogen-bond acceptors (Lipinski definition) is 3. The van der Waals surface area contributed by atoms with Gasteiger partial charge in [0.2, 0.25) is 0 Å². The Morgan fingerprint density at radius 3 is 2.78 bits per heavy atom. The number of benzene rings is 1. The Labute approximate surface area is 145 Å². The molecule has 0 unspecified atom stereocenters. The molecule has 23 heavy (non-hydrogen) atoms. The van der Waals surface area contributed by atoms with Crippen molar-refractivity contribution in [2.75, 3.05) is 17.2 Å². The van der Waals surface area contributed by atoms with Crippen LogP contribution < -0.4 is 10.6 Å². The van der Waals surface area contributed by atoms with Gasteiger partial charge in [-0.25, -0.2) is 0 Å². The van der Waals surface area contributed by atoms with Crippen LogP contribution >= 0.6 is 15.9 Å². The summed E-state index contributed by atoms with van der Waals surface area (Å²) in [6.45, 7) is 5.08. The van der Waals surface area contributed by atoms with E-state index in [4.69, 9.17) is 0 Å². The maximum absolute atomic E-state index is 12.4. The summed E-state index contributed by atoms with van der Waals surface area (Å²) in [5, 5.41) is 6.21. The lowest BCUT2D eigenvalue weighted by Crippen LogP contribution is -2.13. The highest BCUT2D eigenvalue weighted by Gasteiger charge is 2.09. The third-order valence-electron chi connectivity index (χ3n) is 3.48. The SMILES string of the molecule is CCCCCNc1cncc(C(=O)Nc2ccc(C)cc2Br)c1. The molecule has 0 bridgehead atoms. The van der Waals surface area contributed by atoms with E-state index in [1.807, 2.05) is 31.2 Å². The second kappa shape index (κ2) is 8.67. The molecule has 1 aromatic carbocycles. The smallest absolute Gasteiger partial charge is 0.257 e. The molecule has 2 rings (SSSR count). The van der Waals surface area contributed by atoms with Crippen LogP contribution in [0.1, 0.15) is 42.1 Å². The number of aryl methyl sites for hydroxylation is 1. The summed E-state index contributed by atoms with van der Waals surface area (Å²) < 4.78 is 0.868. The van der Waals surface area contributed by atoms with Gasteiger partial charge >= 0.3 is 0 Å². The van der Waals surface area contributed by atoms with E-state index in [-0.39, 0.29) is 5.91 Å². The van der Waals surface area contributed by atoms with Crippen LogP contribution in [0.5, 0.6) is 0 Å². The molecule has 0 saturated carbocycles. The minimum atomic E-state index is -0.167. The van der Waals surface area contributed by atoms with Crippen molar-refractivity contribution in [3.05, 3.63) is 52.3 Å². The van der Waals surface area contributed by atoms with E-state index in [0.29, 0.717) is 5.56 Å². The number of halogens is 1. The Kier molecular flexibility index (Phi) is 6.59. The van der Waals surface area contributed by atoms with Gasteiger partial charge in [-0.15, -0.1) is 0 Å². The summed E-state index contributed by atoms with van der Waals surface area (Å²) in [5.41, 5.74) is 3.30. The average molecular weight is 376 g/mol. The van der Waals surface area contributed by atoms with Crippen LogP contribution in [0.3, 0.4) is 0 Å². The van der Waals surface area contributed by atoms with Crippen LogP contribution in [0.15, 0.2) is 41.1 Å². The van der Waals surface area contributed by atoms with Gasteiger partial charge in [-0.1, -0.05) is 25.8 Å². The van der Waals surface area contributed by atoms with Crippen molar-refractivity contribution in [2.45, 2.75) is 33.1 Å². The molecular weight excluding hydrogens is 354 g/mol. The highest BCUT2D eigenvalue weighted by molar-refractivity contribution is 9.10. The predicted octanol–water partition coefficient (Wildman–Crippen LogP) is 5.01. The first-order valence-electron chi connectivity index (χ1n) is 7.86. The van der Waals surface area contributed by atoms with E-state index in [9.17, 15) is 4.79 Å². The summed E-state index contributed by atoms with van der Waals surface area (Å²) in [6, 6.07) is 7.65. The molecule has 0 aliphatic rings. The standard InChI is InChI=1S/C18H22BrN3O/c1-3-4-5-8-21-15-10-14(11-20-12-15)18(23)22-17-7-6-13(2)9-16(17)19/h6-7,9-12,21H,3-5,8H2,1-2H3,(H,22,23). The Morgan fingerprint density at radius 1 is 1.22 bits per heavy atom. The molecule has 2 N–H and O–H groups in total. The molecule has 0 fully saturated rings. The highest BCUT2D eigenvalue weighted by atomic mass is 79.9. The van der Waals surface area contributed by atoms with Crippen LogP contribution in [0.2, 0.25) is 0 Å². The van der Waals surface area contributed by atoms with Crippen LogP contribution in [0.4, 0.5) is 11.4 Å². The van der Waals surface area contributed by atoms with Gasteiger partial charge in [0, 0.05) is 23.4 Å². The fraction of sp³-hybridized carbons (Fsp3) is 0.333. The molecule has 0 atom stereocenters. The normalized spacial score (nSPS) is 10.4. The lowest BCUT2D eigenvalue weighted by Gasteiger charge is -2.10. The molecular formula is C18H22BrN3O. The van der Waals surface area contributed by atoms with Gasteiger partial charge in [0.15, 0.2) is 0 Å². The fourth-order valence-electron chi connectivity index (χ4n) is 2.18. The number of carbonyl (C=O) groups excluding carboxylic acids is 1. The summed E-state index contributed by atoms with van der Waals surface area (Å²) >= 11 is 3.47. The van der Waals surface area contributed by atoms with Crippen LogP contribution in [0.25, 0.3) is 0 Å². The van der Waals surface area contributed by atoms with Gasteiger partial charge in [-0.05, 0) is 53.0 Å². The molecule has 1 heterocycles. The zero-order valence-corrected chi connectivity index (χ0v) is 15.1. The number of amides is 1. The fourth-order valence-corrected chi connectivity index (χ4v) is 2.78. The van der Waals surface area contributed by atoms with Crippen molar-refractivity contribution in [1.82, 2.24) is 4.98 Å². The predicted molar refractivity (Wildman–Crippen MR) is 99.1 cm³/mol. The first-order valence-corrected chi connectivity index (χ1v) is 8.66. The molecule has 0 saturated heterocycles. The molecule has 5 heteroatoms. The zero-order chi connectivity index (χ0) is 16.7. The minimum Gasteiger partial charge on any atom is -0.384 e. The lowest BCUT2D eigenvalue weighted by atomic mass is 10.2. The number of unbranched alkanes of at least 4 members (excludes halogenated alkanes) is 2. The number of rotatable bonds is 7. The van der Waals surface area contributed by atoms with Crippen molar-refractivity contribution in [1.29, 1.82) is 0 Å². The Bertz CT molecular complexity index is 673. The van der Waals surface area contributed by atoms with Gasteiger partial charge in [0.1, 0.15) is 0 Å². The van der Waals surface area contributed by atoms with Crippen molar-refractivity contribution >= 4 is 33.2 Å². The second-order valence-electron chi connectivity index (χ2n) is 5.53. The van der Waals surface area contributed by atoms with E-state index < -0.39 is 0 Å². The van der Waals surface area contributed by atoms with Crippen molar-refractivity contribution in [2.24, 2.45) is 0 Å². The Balaban J connectivity index is 2.01. The summed E-state index contributed by atoms with van der Waals surface area (Å²) in [7, 11) is 0. The van der Waals surface area contributed by atoms with Crippen LogP contribution in [-0.4, -0.2) is 17.4 Å². The minimum absolute atomic E-state index is 0.167. The quantitative estimate of drug-likeness (QED) is 0.668. The maximum Gasteiger partial charge on any atom is 0.257 e. The molecule has 1 aromatic heterocycles. The van der Waals surface area contributed by atoms with Crippen LogP contribution in [0, 0.1) is 6.92 Å². The number of nitrogens with one attached hydrogen (secondary N) is 2. The Morgan fingerprint density at radius 2 is 2.04 bits per heavy atom.